The number of hydrogen-bond donors (Lipinski definition) is 2. The second-order valence-electron chi connectivity index (χ2n) is 8.99. The van der Waals surface area contributed by atoms with Crippen molar-refractivity contribution in [3.05, 3.63) is 95.3 Å². The number of ether oxygens (including phenoxy) is 2. The molecule has 0 unspecified atom stereocenters. The minimum atomic E-state index is -0.521. The van der Waals surface area contributed by atoms with Gasteiger partial charge >= 0.3 is 0 Å². The molecule has 35 heavy (non-hydrogen) atoms. The van der Waals surface area contributed by atoms with Gasteiger partial charge in [-0.15, -0.1) is 0 Å². The fourth-order valence-electron chi connectivity index (χ4n) is 4.25. The largest absolute Gasteiger partial charge is 0.392 e. The second-order valence-corrected chi connectivity index (χ2v) is 8.99. The number of benzene rings is 2. The predicted molar refractivity (Wildman–Crippen MR) is 135 cm³/mol. The zero-order valence-electron chi connectivity index (χ0n) is 20.3. The zero-order valence-corrected chi connectivity index (χ0v) is 20.3. The molecular weight excluding hydrogens is 442 g/mol. The first-order valence-electron chi connectivity index (χ1n) is 12.0. The Labute approximate surface area is 206 Å². The molecular formula is C28H33N3O4. The number of amides is 1. The molecule has 3 aromatic rings. The molecule has 2 N–H and O–H groups in total. The lowest BCUT2D eigenvalue weighted by molar-refractivity contribution is -0.252. The monoisotopic (exact) mass is 475 g/mol. The molecule has 184 valence electrons. The smallest absolute Gasteiger partial charge is 0.221 e. The number of hydrogen-bond acceptors (Lipinski definition) is 6. The van der Waals surface area contributed by atoms with Crippen LogP contribution in [-0.4, -0.2) is 47.1 Å². The van der Waals surface area contributed by atoms with Gasteiger partial charge < -0.3 is 24.8 Å². The predicted octanol–water partition coefficient (Wildman–Crippen LogP) is 4.25. The van der Waals surface area contributed by atoms with Crippen molar-refractivity contribution in [3.8, 4) is 0 Å². The topological polar surface area (TPSA) is 83.9 Å². The van der Waals surface area contributed by atoms with E-state index in [0.29, 0.717) is 0 Å². The maximum absolute atomic E-state index is 11.4. The minimum Gasteiger partial charge on any atom is -0.392 e. The molecule has 3 atom stereocenters. The summed E-state index contributed by atoms with van der Waals surface area (Å²) in [4.78, 5) is 18.0. The lowest BCUT2D eigenvalue weighted by Gasteiger charge is -2.38. The summed E-state index contributed by atoms with van der Waals surface area (Å²) in [5, 5.41) is 12.2. The minimum absolute atomic E-state index is 0.0158. The van der Waals surface area contributed by atoms with Crippen LogP contribution in [0.15, 0.2) is 72.9 Å². The Morgan fingerprint density at radius 2 is 1.80 bits per heavy atom. The Morgan fingerprint density at radius 3 is 2.46 bits per heavy atom. The highest BCUT2D eigenvalue weighted by Gasteiger charge is 2.32. The van der Waals surface area contributed by atoms with E-state index in [0.717, 1.165) is 54.0 Å². The molecule has 0 saturated carbocycles. The molecule has 0 bridgehead atoms. The third-order valence-electron chi connectivity index (χ3n) is 6.11. The van der Waals surface area contributed by atoms with Crippen LogP contribution in [0, 0.1) is 0 Å². The number of aliphatic hydroxyl groups excluding tert-OH is 1. The van der Waals surface area contributed by atoms with Gasteiger partial charge in [0.15, 0.2) is 6.29 Å². The number of carbonyl (C=O) groups is 1. The average molecular weight is 476 g/mol. The maximum Gasteiger partial charge on any atom is 0.221 e. The number of anilines is 1. The molecule has 4 rings (SSSR count). The molecule has 1 amide bonds. The standard InChI is InChI=1S/C28H33N3O4/c1-20(33)30-25-12-10-23(11-13-25)28-34-26(18-31(2)16-14-24-5-3-4-15-29-24)17-27(35-28)22-8-6-21(19-32)7-9-22/h3-13,15,26-28,32H,14,16-19H2,1-2H3,(H,30,33)/t26-,27+,28+/m1/s1. The van der Waals surface area contributed by atoms with Crippen LogP contribution in [0.2, 0.25) is 0 Å². The van der Waals surface area contributed by atoms with Crippen LogP contribution in [0.25, 0.3) is 0 Å². The summed E-state index contributed by atoms with van der Waals surface area (Å²) in [7, 11) is 2.10. The molecule has 1 aromatic heterocycles. The number of carbonyl (C=O) groups excluding carboxylic acids is 1. The Kier molecular flexibility index (Phi) is 8.60. The summed E-state index contributed by atoms with van der Waals surface area (Å²) in [5.41, 5.74) is 4.64. The number of rotatable bonds is 9. The quantitative estimate of drug-likeness (QED) is 0.481. The van der Waals surface area contributed by atoms with E-state index in [1.807, 2.05) is 72.9 Å². The lowest BCUT2D eigenvalue weighted by Crippen LogP contribution is -2.38. The third-order valence-corrected chi connectivity index (χ3v) is 6.11. The Morgan fingerprint density at radius 1 is 1.06 bits per heavy atom. The summed E-state index contributed by atoms with van der Waals surface area (Å²) in [6, 6.07) is 21.4. The van der Waals surface area contributed by atoms with Crippen LogP contribution in [-0.2, 0) is 27.3 Å². The average Bonchev–Trinajstić information content (AvgIpc) is 2.88. The summed E-state index contributed by atoms with van der Waals surface area (Å²) >= 11 is 0. The van der Waals surface area contributed by atoms with Crippen LogP contribution < -0.4 is 5.32 Å². The summed E-state index contributed by atoms with van der Waals surface area (Å²) < 4.78 is 12.8. The van der Waals surface area contributed by atoms with E-state index in [1.165, 1.54) is 6.92 Å². The van der Waals surface area contributed by atoms with Crippen molar-refractivity contribution in [2.75, 3.05) is 25.5 Å². The molecule has 2 aromatic carbocycles. The van der Waals surface area contributed by atoms with Crippen molar-refractivity contribution in [3.63, 3.8) is 0 Å². The van der Waals surface area contributed by atoms with Crippen molar-refractivity contribution in [2.24, 2.45) is 0 Å². The van der Waals surface area contributed by atoms with Crippen molar-refractivity contribution in [1.82, 2.24) is 9.88 Å². The van der Waals surface area contributed by atoms with Gasteiger partial charge in [0.2, 0.25) is 5.91 Å². The zero-order chi connectivity index (χ0) is 24.6. The van der Waals surface area contributed by atoms with Crippen molar-refractivity contribution >= 4 is 11.6 Å². The number of aromatic nitrogens is 1. The first-order valence-corrected chi connectivity index (χ1v) is 12.0. The van der Waals surface area contributed by atoms with Gasteiger partial charge in [-0.25, -0.2) is 0 Å². The number of nitrogens with one attached hydrogen (secondary N) is 1. The van der Waals surface area contributed by atoms with Crippen LogP contribution in [0.3, 0.4) is 0 Å². The number of pyridine rings is 1. The van der Waals surface area contributed by atoms with Gasteiger partial charge in [-0.05, 0) is 42.4 Å². The van der Waals surface area contributed by atoms with Crippen molar-refractivity contribution in [2.45, 2.75) is 44.9 Å². The Balaban J connectivity index is 1.47. The van der Waals surface area contributed by atoms with Crippen LogP contribution in [0.1, 0.15) is 48.1 Å². The molecule has 0 spiro atoms. The molecule has 7 nitrogen and oxygen atoms in total. The van der Waals surface area contributed by atoms with E-state index < -0.39 is 6.29 Å². The van der Waals surface area contributed by atoms with Gasteiger partial charge in [0, 0.05) is 56.0 Å². The summed E-state index contributed by atoms with van der Waals surface area (Å²) in [6.45, 7) is 3.15. The SMILES string of the molecule is CC(=O)Nc1ccc([C@H]2O[C@@H](CN(C)CCc3ccccn3)C[C@@H](c3ccc(CO)cc3)O2)cc1. The molecule has 1 saturated heterocycles. The number of aliphatic hydroxyl groups is 1. The fraction of sp³-hybridized carbons (Fsp3) is 0.357. The molecule has 1 aliphatic heterocycles. The first kappa shape index (κ1) is 25.0. The van der Waals surface area contributed by atoms with Crippen LogP contribution in [0.5, 0.6) is 0 Å². The first-order chi connectivity index (χ1) is 17.0. The fourth-order valence-corrected chi connectivity index (χ4v) is 4.25. The number of nitrogens with zero attached hydrogens (tertiary/aromatic N) is 2. The van der Waals surface area contributed by atoms with Gasteiger partial charge in [-0.3, -0.25) is 9.78 Å². The normalized spacial score (nSPS) is 20.1. The maximum atomic E-state index is 11.4. The van der Waals surface area contributed by atoms with E-state index >= 15 is 0 Å². The Bertz CT molecular complexity index is 1070. The highest BCUT2D eigenvalue weighted by atomic mass is 16.7. The highest BCUT2D eigenvalue weighted by Crippen LogP contribution is 2.38. The van der Waals surface area contributed by atoms with E-state index in [2.05, 4.69) is 22.2 Å². The van der Waals surface area contributed by atoms with E-state index in [1.54, 1.807) is 0 Å². The molecule has 1 aliphatic rings. The van der Waals surface area contributed by atoms with Gasteiger partial charge in [0.05, 0.1) is 18.8 Å². The van der Waals surface area contributed by atoms with Crippen LogP contribution >= 0.6 is 0 Å². The van der Waals surface area contributed by atoms with Gasteiger partial charge in [-0.2, -0.15) is 0 Å². The molecule has 0 radical (unpaired) electrons. The van der Waals surface area contributed by atoms with E-state index in [-0.39, 0.29) is 24.7 Å². The van der Waals surface area contributed by atoms with Gasteiger partial charge in [0.25, 0.3) is 0 Å². The third kappa shape index (κ3) is 7.19. The molecule has 2 heterocycles. The van der Waals surface area contributed by atoms with E-state index in [9.17, 15) is 9.90 Å². The second kappa shape index (κ2) is 12.0. The van der Waals surface area contributed by atoms with Gasteiger partial charge in [-0.1, -0.05) is 42.5 Å². The van der Waals surface area contributed by atoms with Gasteiger partial charge in [0.1, 0.15) is 0 Å². The Hall–Kier alpha value is -3.10. The lowest BCUT2D eigenvalue weighted by atomic mass is 9.99. The summed E-state index contributed by atoms with van der Waals surface area (Å²) in [6.07, 6.45) is 2.75. The summed E-state index contributed by atoms with van der Waals surface area (Å²) in [5.74, 6) is -0.108. The van der Waals surface area contributed by atoms with E-state index in [4.69, 9.17) is 9.47 Å². The molecule has 7 heteroatoms. The molecule has 1 fully saturated rings. The van der Waals surface area contributed by atoms with Crippen molar-refractivity contribution in [1.29, 1.82) is 0 Å². The van der Waals surface area contributed by atoms with Crippen LogP contribution in [0.4, 0.5) is 5.69 Å². The molecule has 0 aliphatic carbocycles. The highest BCUT2D eigenvalue weighted by molar-refractivity contribution is 5.88. The van der Waals surface area contributed by atoms with Crippen molar-refractivity contribution < 1.29 is 19.4 Å². The number of likely N-dealkylation sites (N-methyl/N-ethyl adjacent to an activating group) is 1.